The molecule has 0 spiro atoms. The van der Waals surface area contributed by atoms with E-state index >= 15 is 0 Å². The maximum Gasteiger partial charge on any atom is 2.00 e. The van der Waals surface area contributed by atoms with E-state index in [1.165, 1.54) is 5.56 Å². The predicted molar refractivity (Wildman–Crippen MR) is 149 cm³/mol. The Morgan fingerprint density at radius 1 is 0.974 bits per heavy atom. The number of rotatable bonds is 9. The van der Waals surface area contributed by atoms with Crippen molar-refractivity contribution in [3.8, 4) is 0 Å². The Kier molecular flexibility index (Phi) is 13.1. The molecular weight excluding hydrogens is 650 g/mol. The van der Waals surface area contributed by atoms with E-state index in [1.54, 1.807) is 4.57 Å². The Morgan fingerprint density at radius 2 is 1.61 bits per heavy atom. The second kappa shape index (κ2) is 16.0. The molecule has 1 aromatic heterocycles. The Balaban J connectivity index is 0.000000482. The van der Waals surface area contributed by atoms with Crippen molar-refractivity contribution >= 4 is 28.3 Å². The van der Waals surface area contributed by atoms with Crippen LogP contribution in [0.4, 0.5) is 16.2 Å². The van der Waals surface area contributed by atoms with Crippen molar-refractivity contribution in [3.63, 3.8) is 0 Å². The van der Waals surface area contributed by atoms with Crippen LogP contribution in [0.2, 0.25) is 0 Å². The number of hydrogen-bond acceptors (Lipinski definition) is 4. The van der Waals surface area contributed by atoms with Crippen molar-refractivity contribution in [2.75, 3.05) is 23.8 Å². The number of urea groups is 1. The van der Waals surface area contributed by atoms with Gasteiger partial charge in [0.15, 0.2) is 6.29 Å². The molecular formula is C30H35N3O4W. The first kappa shape index (κ1) is 31.1. The third-order valence-corrected chi connectivity index (χ3v) is 5.70. The molecule has 7 nitrogen and oxygen atoms in total. The predicted octanol–water partition coefficient (Wildman–Crippen LogP) is 6.12. The van der Waals surface area contributed by atoms with Crippen LogP contribution in [0.25, 0.3) is 10.9 Å². The maximum atomic E-state index is 13.1. The first-order chi connectivity index (χ1) is 18.0. The van der Waals surface area contributed by atoms with E-state index in [4.69, 9.17) is 9.47 Å². The molecule has 3 aromatic carbocycles. The van der Waals surface area contributed by atoms with Gasteiger partial charge in [0.25, 0.3) is 0 Å². The molecule has 0 unspecified atom stereocenters. The Morgan fingerprint density at radius 3 is 2.18 bits per heavy atom. The summed E-state index contributed by atoms with van der Waals surface area (Å²) in [6.07, 6.45) is 0.581. The van der Waals surface area contributed by atoms with E-state index < -0.39 is 12.3 Å². The van der Waals surface area contributed by atoms with Crippen molar-refractivity contribution in [2.45, 2.75) is 47.0 Å². The SMILES string of the molecule is CCOC(Cn1c(=O)[c-](NC(=O)Nc2ccc(C)cc2)c2ccccc21)OCC.CCc1cc[c-]cc1.[W+2]. The van der Waals surface area contributed by atoms with Crippen LogP contribution >= 0.6 is 0 Å². The molecule has 0 aliphatic carbocycles. The minimum Gasteiger partial charge on any atom is -0.382 e. The molecule has 4 rings (SSSR count). The van der Waals surface area contributed by atoms with Gasteiger partial charge in [0, 0.05) is 24.6 Å². The third kappa shape index (κ3) is 8.73. The van der Waals surface area contributed by atoms with Gasteiger partial charge in [-0.05, 0) is 38.4 Å². The van der Waals surface area contributed by atoms with E-state index in [2.05, 4.69) is 35.8 Å². The molecule has 0 aliphatic heterocycles. The molecule has 200 valence electrons. The molecule has 38 heavy (non-hydrogen) atoms. The van der Waals surface area contributed by atoms with Gasteiger partial charge >= 0.3 is 21.1 Å². The van der Waals surface area contributed by atoms with Crippen LogP contribution in [0.15, 0.2) is 77.6 Å². The van der Waals surface area contributed by atoms with Crippen molar-refractivity contribution < 1.29 is 35.3 Å². The molecule has 1 heterocycles. The summed E-state index contributed by atoms with van der Waals surface area (Å²) in [5, 5.41) is 6.13. The number of nitrogens with one attached hydrogen (secondary N) is 2. The van der Waals surface area contributed by atoms with Crippen molar-refractivity contribution in [1.82, 2.24) is 4.57 Å². The number of benzene rings is 3. The summed E-state index contributed by atoms with van der Waals surface area (Å²) in [5.41, 5.74) is 3.78. The first-order valence-electron chi connectivity index (χ1n) is 12.6. The summed E-state index contributed by atoms with van der Waals surface area (Å²) in [5.74, 6) is 0. The first-order valence-corrected chi connectivity index (χ1v) is 12.6. The van der Waals surface area contributed by atoms with Crippen LogP contribution in [0.5, 0.6) is 0 Å². The number of hydrogen-bond donors (Lipinski definition) is 2. The van der Waals surface area contributed by atoms with E-state index in [9.17, 15) is 9.59 Å². The number of nitrogens with zero attached hydrogens (tertiary/aromatic N) is 1. The zero-order valence-electron chi connectivity index (χ0n) is 22.3. The molecule has 0 radical (unpaired) electrons. The number of amides is 2. The fourth-order valence-corrected chi connectivity index (χ4v) is 3.83. The van der Waals surface area contributed by atoms with Crippen LogP contribution < -0.4 is 16.2 Å². The number of fused-ring (bicyclic) bond motifs is 1. The summed E-state index contributed by atoms with van der Waals surface area (Å²) in [4.78, 5) is 25.6. The summed E-state index contributed by atoms with van der Waals surface area (Å²) < 4.78 is 12.8. The molecule has 0 bridgehead atoms. The number of anilines is 2. The Labute approximate surface area is 238 Å². The Bertz CT molecular complexity index is 1310. The van der Waals surface area contributed by atoms with Crippen LogP contribution in [0.3, 0.4) is 0 Å². The van der Waals surface area contributed by atoms with E-state index in [-0.39, 0.29) is 38.9 Å². The third-order valence-electron chi connectivity index (χ3n) is 5.70. The second-order valence-electron chi connectivity index (χ2n) is 8.36. The minimum atomic E-state index is -0.539. The van der Waals surface area contributed by atoms with Gasteiger partial charge in [0.05, 0.1) is 6.54 Å². The zero-order chi connectivity index (χ0) is 26.6. The number of carbonyl (C=O) groups excluding carboxylic acids is 1. The van der Waals surface area contributed by atoms with Crippen LogP contribution in [0.1, 0.15) is 31.9 Å². The topological polar surface area (TPSA) is 81.6 Å². The molecule has 2 N–H and O–H groups in total. The van der Waals surface area contributed by atoms with Gasteiger partial charge in [-0.3, -0.25) is 4.79 Å². The summed E-state index contributed by atoms with van der Waals surface area (Å²) in [7, 11) is 0. The molecule has 0 saturated carbocycles. The van der Waals surface area contributed by atoms with Crippen molar-refractivity contribution in [2.24, 2.45) is 0 Å². The molecule has 0 saturated heterocycles. The second-order valence-corrected chi connectivity index (χ2v) is 8.36. The minimum absolute atomic E-state index is 0. The van der Waals surface area contributed by atoms with Gasteiger partial charge in [-0.15, -0.1) is 12.1 Å². The molecule has 4 aromatic rings. The zero-order valence-corrected chi connectivity index (χ0v) is 25.3. The number of carbonyl (C=O) groups is 1. The monoisotopic (exact) mass is 685 g/mol. The normalized spacial score (nSPS) is 10.4. The largest absolute Gasteiger partial charge is 2.00 e. The van der Waals surface area contributed by atoms with Crippen LogP contribution in [0, 0.1) is 13.0 Å². The molecule has 0 aliphatic rings. The van der Waals surface area contributed by atoms with Crippen LogP contribution in [-0.4, -0.2) is 30.1 Å². The van der Waals surface area contributed by atoms with E-state index in [1.807, 2.05) is 81.4 Å². The molecule has 0 atom stereocenters. The van der Waals surface area contributed by atoms with E-state index in [0.717, 1.165) is 12.0 Å². The summed E-state index contributed by atoms with van der Waals surface area (Å²) in [6, 6.07) is 25.3. The van der Waals surface area contributed by atoms with Crippen molar-refractivity contribution in [1.29, 1.82) is 0 Å². The maximum absolute atomic E-state index is 13.1. The quantitative estimate of drug-likeness (QED) is 0.165. The molecule has 0 fully saturated rings. The standard InChI is InChI=1S/C22H26N3O4.C8H9.W/c1-4-28-19(29-5-2)14-25-18-9-7-6-8-17(18)20(21(25)26)24-22(27)23-16-12-10-15(3)11-13-16;1-2-8-6-4-3-5-7-8;/h6-13,19H,4-5,14H2,1-3H3,(H2,23,24,27);4-7H,2H2,1H3;/q2*-1;+2. The fraction of sp³-hybridized carbons (Fsp3) is 0.300. The molecule has 8 heteroatoms. The summed E-state index contributed by atoms with van der Waals surface area (Å²) in [6.45, 7) is 9.06. The van der Waals surface area contributed by atoms with Crippen molar-refractivity contribution in [3.05, 3.63) is 100 Å². The van der Waals surface area contributed by atoms with Gasteiger partial charge in [-0.2, -0.15) is 35.9 Å². The smallest absolute Gasteiger partial charge is 0.382 e. The molecule has 2 amide bonds. The van der Waals surface area contributed by atoms with Gasteiger partial charge in [-0.1, -0.05) is 48.6 Å². The van der Waals surface area contributed by atoms with Gasteiger partial charge < -0.3 is 29.5 Å². The fourth-order valence-electron chi connectivity index (χ4n) is 3.83. The average Bonchev–Trinajstić information content (AvgIpc) is 3.17. The van der Waals surface area contributed by atoms with Crippen LogP contribution in [-0.2, 0) is 43.5 Å². The van der Waals surface area contributed by atoms with Gasteiger partial charge in [-0.25, -0.2) is 0 Å². The van der Waals surface area contributed by atoms with Gasteiger partial charge in [0.1, 0.15) is 0 Å². The van der Waals surface area contributed by atoms with Gasteiger partial charge in [0.2, 0.25) is 11.6 Å². The summed E-state index contributed by atoms with van der Waals surface area (Å²) >= 11 is 0. The average molecular weight is 685 g/mol. The number of aromatic nitrogens is 1. The van der Waals surface area contributed by atoms with E-state index in [0.29, 0.717) is 29.8 Å². The number of para-hydroxylation sites is 1. The number of aryl methyl sites for hydroxylation is 2. The Hall–Kier alpha value is -3.12. The number of ether oxygens (including phenoxy) is 2.